The Balaban J connectivity index is 1.55. The van der Waals surface area contributed by atoms with Crippen molar-refractivity contribution in [1.82, 2.24) is 4.90 Å². The SMILES string of the molecule is CCOC(=O)CN(C(=O)CSc1ccc2c(c1)CCC2)C1CC1. The van der Waals surface area contributed by atoms with Gasteiger partial charge in [-0.25, -0.2) is 0 Å². The highest BCUT2D eigenvalue weighted by Crippen LogP contribution is 2.30. The second-order valence-electron chi connectivity index (χ2n) is 6.13. The maximum Gasteiger partial charge on any atom is 0.325 e. The quantitative estimate of drug-likeness (QED) is 0.569. The van der Waals surface area contributed by atoms with Gasteiger partial charge in [0.2, 0.25) is 5.91 Å². The van der Waals surface area contributed by atoms with Gasteiger partial charge in [0.25, 0.3) is 0 Å². The number of benzene rings is 1. The van der Waals surface area contributed by atoms with Gasteiger partial charge in [0.1, 0.15) is 6.54 Å². The minimum Gasteiger partial charge on any atom is -0.465 e. The van der Waals surface area contributed by atoms with Crippen LogP contribution >= 0.6 is 11.8 Å². The summed E-state index contributed by atoms with van der Waals surface area (Å²) >= 11 is 1.57. The highest BCUT2D eigenvalue weighted by molar-refractivity contribution is 8.00. The summed E-state index contributed by atoms with van der Waals surface area (Å²) in [6.45, 7) is 2.22. The van der Waals surface area contributed by atoms with E-state index in [1.807, 2.05) is 0 Å². The summed E-state index contributed by atoms with van der Waals surface area (Å²) in [6, 6.07) is 6.74. The number of carbonyl (C=O) groups is 2. The molecule has 1 aromatic rings. The van der Waals surface area contributed by atoms with Crippen molar-refractivity contribution in [3.8, 4) is 0 Å². The number of nitrogens with zero attached hydrogens (tertiary/aromatic N) is 1. The van der Waals surface area contributed by atoms with Gasteiger partial charge >= 0.3 is 5.97 Å². The van der Waals surface area contributed by atoms with E-state index in [-0.39, 0.29) is 24.5 Å². The Morgan fingerprint density at radius 3 is 2.78 bits per heavy atom. The van der Waals surface area contributed by atoms with Crippen LogP contribution < -0.4 is 0 Å². The molecule has 0 bridgehead atoms. The molecule has 0 unspecified atom stereocenters. The summed E-state index contributed by atoms with van der Waals surface area (Å²) in [5.74, 6) is 0.107. The number of ether oxygens (including phenoxy) is 1. The molecule has 0 heterocycles. The van der Waals surface area contributed by atoms with Crippen molar-refractivity contribution < 1.29 is 14.3 Å². The van der Waals surface area contributed by atoms with Crippen LogP contribution in [0.4, 0.5) is 0 Å². The number of esters is 1. The number of carbonyl (C=O) groups excluding carboxylic acids is 2. The molecule has 0 N–H and O–H groups in total. The van der Waals surface area contributed by atoms with Gasteiger partial charge in [-0.1, -0.05) is 6.07 Å². The number of fused-ring (bicyclic) bond motifs is 1. The van der Waals surface area contributed by atoms with Crippen LogP contribution in [0.2, 0.25) is 0 Å². The number of rotatable bonds is 7. The molecule has 1 saturated carbocycles. The predicted molar refractivity (Wildman–Crippen MR) is 90.6 cm³/mol. The van der Waals surface area contributed by atoms with E-state index in [4.69, 9.17) is 4.74 Å². The van der Waals surface area contributed by atoms with Gasteiger partial charge in [-0.2, -0.15) is 0 Å². The molecule has 0 atom stereocenters. The van der Waals surface area contributed by atoms with Crippen molar-refractivity contribution in [2.45, 2.75) is 50.0 Å². The summed E-state index contributed by atoms with van der Waals surface area (Å²) < 4.78 is 4.97. The minimum absolute atomic E-state index is 0.0334. The average molecular weight is 333 g/mol. The maximum atomic E-state index is 12.5. The topological polar surface area (TPSA) is 46.6 Å². The van der Waals surface area contributed by atoms with Crippen molar-refractivity contribution >= 4 is 23.6 Å². The third-order valence-electron chi connectivity index (χ3n) is 4.35. The number of aryl methyl sites for hydroxylation is 2. The molecule has 1 fully saturated rings. The third kappa shape index (κ3) is 4.28. The van der Waals surface area contributed by atoms with Gasteiger partial charge in [0, 0.05) is 10.9 Å². The fourth-order valence-electron chi connectivity index (χ4n) is 3.02. The molecule has 0 radical (unpaired) electrons. The van der Waals surface area contributed by atoms with Crippen LogP contribution in [-0.2, 0) is 27.2 Å². The first-order valence-electron chi connectivity index (χ1n) is 8.37. The van der Waals surface area contributed by atoms with Crippen molar-refractivity contribution in [3.05, 3.63) is 29.3 Å². The molecule has 0 aromatic heterocycles. The lowest BCUT2D eigenvalue weighted by Gasteiger charge is -2.21. The molecule has 3 rings (SSSR count). The third-order valence-corrected chi connectivity index (χ3v) is 5.32. The lowest BCUT2D eigenvalue weighted by molar-refractivity contribution is -0.148. The van der Waals surface area contributed by atoms with Crippen molar-refractivity contribution in [3.63, 3.8) is 0 Å². The summed E-state index contributed by atoms with van der Waals surface area (Å²) in [6.07, 6.45) is 5.55. The largest absolute Gasteiger partial charge is 0.465 e. The van der Waals surface area contributed by atoms with Crippen LogP contribution in [0.25, 0.3) is 0 Å². The van der Waals surface area contributed by atoms with Crippen molar-refractivity contribution in [1.29, 1.82) is 0 Å². The fourth-order valence-corrected chi connectivity index (χ4v) is 3.86. The Labute approximate surface area is 141 Å². The Kier molecular flexibility index (Phi) is 5.26. The normalized spacial score (nSPS) is 16.0. The molecule has 0 saturated heterocycles. The summed E-state index contributed by atoms with van der Waals surface area (Å²) in [5.41, 5.74) is 2.87. The molecule has 124 valence electrons. The van der Waals surface area contributed by atoms with Crippen molar-refractivity contribution in [2.75, 3.05) is 18.9 Å². The van der Waals surface area contributed by atoms with Crippen molar-refractivity contribution in [2.24, 2.45) is 0 Å². The highest BCUT2D eigenvalue weighted by atomic mass is 32.2. The van der Waals surface area contributed by atoms with Crippen LogP contribution in [0.15, 0.2) is 23.1 Å². The lowest BCUT2D eigenvalue weighted by Crippen LogP contribution is -2.39. The van der Waals surface area contributed by atoms with Gasteiger partial charge in [-0.15, -0.1) is 11.8 Å². The van der Waals surface area contributed by atoms with E-state index in [9.17, 15) is 9.59 Å². The molecule has 5 heteroatoms. The van der Waals surface area contributed by atoms with Crippen LogP contribution in [-0.4, -0.2) is 41.7 Å². The number of hydrogen-bond acceptors (Lipinski definition) is 4. The molecular formula is C18H23NO3S. The molecule has 4 nitrogen and oxygen atoms in total. The van der Waals surface area contributed by atoms with Gasteiger partial charge in [-0.3, -0.25) is 9.59 Å². The zero-order valence-electron chi connectivity index (χ0n) is 13.5. The molecule has 1 aromatic carbocycles. The lowest BCUT2D eigenvalue weighted by atomic mass is 10.1. The van der Waals surface area contributed by atoms with Gasteiger partial charge in [-0.05, 0) is 62.3 Å². The Morgan fingerprint density at radius 2 is 2.04 bits per heavy atom. The number of hydrogen-bond donors (Lipinski definition) is 0. The van der Waals surface area contributed by atoms with Gasteiger partial charge in [0.15, 0.2) is 0 Å². The predicted octanol–water partition coefficient (Wildman–Crippen LogP) is 2.82. The molecule has 2 aliphatic carbocycles. The summed E-state index contributed by atoms with van der Waals surface area (Å²) in [7, 11) is 0. The molecule has 2 aliphatic rings. The standard InChI is InChI=1S/C18H23NO3S/c1-2-22-18(21)11-19(15-7-8-15)17(20)12-23-16-9-6-13-4-3-5-14(13)10-16/h6,9-10,15H,2-5,7-8,11-12H2,1H3. The zero-order valence-corrected chi connectivity index (χ0v) is 14.4. The van der Waals surface area contributed by atoms with E-state index in [1.165, 1.54) is 24.0 Å². The molecule has 0 spiro atoms. The van der Waals surface area contributed by atoms with Gasteiger partial charge < -0.3 is 9.64 Å². The van der Waals surface area contributed by atoms with Crippen LogP contribution in [0.5, 0.6) is 0 Å². The van der Waals surface area contributed by atoms with Crippen LogP contribution in [0.1, 0.15) is 37.3 Å². The van der Waals surface area contributed by atoms with E-state index in [2.05, 4.69) is 18.2 Å². The molecular weight excluding hydrogens is 310 g/mol. The van der Waals surface area contributed by atoms with Crippen LogP contribution in [0, 0.1) is 0 Å². The van der Waals surface area contributed by atoms with E-state index >= 15 is 0 Å². The Hall–Kier alpha value is -1.49. The molecule has 0 aliphatic heterocycles. The van der Waals surface area contributed by atoms with E-state index in [0.29, 0.717) is 12.4 Å². The van der Waals surface area contributed by atoms with Gasteiger partial charge in [0.05, 0.1) is 12.4 Å². The zero-order chi connectivity index (χ0) is 16.2. The van der Waals surface area contributed by atoms with E-state index in [1.54, 1.807) is 23.6 Å². The highest BCUT2D eigenvalue weighted by Gasteiger charge is 2.34. The number of thioether (sulfide) groups is 1. The van der Waals surface area contributed by atoms with E-state index < -0.39 is 0 Å². The minimum atomic E-state index is -0.310. The first-order valence-corrected chi connectivity index (χ1v) is 9.35. The van der Waals surface area contributed by atoms with E-state index in [0.717, 1.165) is 24.2 Å². The fraction of sp³-hybridized carbons (Fsp3) is 0.556. The second kappa shape index (κ2) is 7.39. The first kappa shape index (κ1) is 16.4. The monoisotopic (exact) mass is 333 g/mol. The molecule has 23 heavy (non-hydrogen) atoms. The smallest absolute Gasteiger partial charge is 0.325 e. The number of amides is 1. The first-order chi connectivity index (χ1) is 11.2. The maximum absolute atomic E-state index is 12.5. The summed E-state index contributed by atoms with van der Waals surface area (Å²) in [5, 5.41) is 0. The Morgan fingerprint density at radius 1 is 1.26 bits per heavy atom. The second-order valence-corrected chi connectivity index (χ2v) is 7.18. The molecule has 1 amide bonds. The Bertz CT molecular complexity index is 598. The van der Waals surface area contributed by atoms with Crippen LogP contribution in [0.3, 0.4) is 0 Å². The average Bonchev–Trinajstić information content (AvgIpc) is 3.27. The summed E-state index contributed by atoms with van der Waals surface area (Å²) in [4.78, 5) is 27.0.